The van der Waals surface area contributed by atoms with Gasteiger partial charge in [0.15, 0.2) is 5.11 Å². The molecule has 0 radical (unpaired) electrons. The molecule has 0 aromatic heterocycles. The molecule has 0 rings (SSSR count). The number of rotatable bonds is 1. The first kappa shape index (κ1) is 10.7. The van der Waals surface area contributed by atoms with Crippen molar-refractivity contribution in [1.29, 1.82) is 0 Å². The molecule has 0 saturated carbocycles. The van der Waals surface area contributed by atoms with Crippen molar-refractivity contribution in [3.05, 3.63) is 0 Å². The molecule has 4 heteroatoms. The molecule has 0 aliphatic carbocycles. The Morgan fingerprint density at radius 3 is 2.18 bits per heavy atom. The minimum absolute atomic E-state index is 0.0100. The molecular formula is C7H16N2OS. The van der Waals surface area contributed by atoms with Crippen molar-refractivity contribution >= 4 is 17.3 Å². The van der Waals surface area contributed by atoms with Gasteiger partial charge in [0.1, 0.15) is 0 Å². The highest BCUT2D eigenvalue weighted by atomic mass is 32.1. The van der Waals surface area contributed by atoms with Gasteiger partial charge in [0, 0.05) is 12.6 Å². The molecule has 0 heterocycles. The highest BCUT2D eigenvalue weighted by Crippen LogP contribution is 1.99. The van der Waals surface area contributed by atoms with Crippen LogP contribution in [0.4, 0.5) is 0 Å². The first-order valence-electron chi connectivity index (χ1n) is 3.47. The predicted octanol–water partition coefficient (Wildman–Crippen LogP) is 1.15. The Kier molecular flexibility index (Phi) is 3.75. The maximum atomic E-state index is 5.01. The molecule has 0 aromatic carbocycles. The molecule has 0 aliphatic rings. The number of hydroxylamine groups is 2. The van der Waals surface area contributed by atoms with Crippen molar-refractivity contribution in [3.63, 3.8) is 0 Å². The minimum Gasteiger partial charge on any atom is -0.356 e. The zero-order valence-corrected chi connectivity index (χ0v) is 8.58. The Balaban J connectivity index is 3.88. The van der Waals surface area contributed by atoms with E-state index in [9.17, 15) is 0 Å². The van der Waals surface area contributed by atoms with Gasteiger partial charge >= 0.3 is 0 Å². The van der Waals surface area contributed by atoms with Crippen molar-refractivity contribution < 1.29 is 4.84 Å². The SMILES string of the molecule is CON(C)C(=S)NC(C)(C)C. The number of nitrogens with one attached hydrogen (secondary N) is 1. The predicted molar refractivity (Wildman–Crippen MR) is 50.3 cm³/mol. The van der Waals surface area contributed by atoms with E-state index in [0.29, 0.717) is 5.11 Å². The summed E-state index contributed by atoms with van der Waals surface area (Å²) in [6.45, 7) is 6.13. The summed E-state index contributed by atoms with van der Waals surface area (Å²) in [6.07, 6.45) is 0. The molecule has 11 heavy (non-hydrogen) atoms. The smallest absolute Gasteiger partial charge is 0.193 e. The number of hydrogen-bond acceptors (Lipinski definition) is 2. The first-order chi connectivity index (χ1) is 4.87. The largest absolute Gasteiger partial charge is 0.356 e. The third-order valence-electron chi connectivity index (χ3n) is 1.04. The lowest BCUT2D eigenvalue weighted by Gasteiger charge is -2.26. The van der Waals surface area contributed by atoms with Crippen LogP contribution >= 0.6 is 12.2 Å². The molecule has 0 saturated heterocycles. The second kappa shape index (κ2) is 3.88. The number of nitrogens with zero attached hydrogens (tertiary/aromatic N) is 1. The van der Waals surface area contributed by atoms with Gasteiger partial charge in [0.2, 0.25) is 0 Å². The molecule has 0 aromatic rings. The Labute approximate surface area is 73.7 Å². The fourth-order valence-corrected chi connectivity index (χ4v) is 0.863. The standard InChI is InChI=1S/C7H16N2OS/c1-7(2,3)8-6(11)9(4)10-5/h1-5H3,(H,8,11). The molecule has 66 valence electrons. The van der Waals surface area contributed by atoms with E-state index in [2.05, 4.69) is 5.32 Å². The van der Waals surface area contributed by atoms with Gasteiger partial charge in [-0.1, -0.05) is 0 Å². The summed E-state index contributed by atoms with van der Waals surface area (Å²) >= 11 is 5.01. The van der Waals surface area contributed by atoms with E-state index in [-0.39, 0.29) is 5.54 Å². The fraction of sp³-hybridized carbons (Fsp3) is 0.857. The maximum Gasteiger partial charge on any atom is 0.193 e. The summed E-state index contributed by atoms with van der Waals surface area (Å²) in [6, 6.07) is 0. The summed E-state index contributed by atoms with van der Waals surface area (Å²) in [4.78, 5) is 4.89. The second-order valence-electron chi connectivity index (χ2n) is 3.36. The highest BCUT2D eigenvalue weighted by Gasteiger charge is 2.13. The van der Waals surface area contributed by atoms with E-state index in [1.54, 1.807) is 14.2 Å². The van der Waals surface area contributed by atoms with Crippen LogP contribution in [0.25, 0.3) is 0 Å². The van der Waals surface area contributed by atoms with Gasteiger partial charge in [-0.2, -0.15) is 0 Å². The van der Waals surface area contributed by atoms with Crippen molar-refractivity contribution in [3.8, 4) is 0 Å². The quantitative estimate of drug-likeness (QED) is 0.478. The van der Waals surface area contributed by atoms with E-state index >= 15 is 0 Å². The second-order valence-corrected chi connectivity index (χ2v) is 3.75. The van der Waals surface area contributed by atoms with Gasteiger partial charge in [-0.3, -0.25) is 4.84 Å². The maximum absolute atomic E-state index is 5.01. The number of thiocarbonyl (C=S) groups is 1. The van der Waals surface area contributed by atoms with Crippen molar-refractivity contribution in [1.82, 2.24) is 10.4 Å². The molecule has 1 N–H and O–H groups in total. The van der Waals surface area contributed by atoms with E-state index in [4.69, 9.17) is 17.1 Å². The summed E-state index contributed by atoms with van der Waals surface area (Å²) in [5.74, 6) is 0. The first-order valence-corrected chi connectivity index (χ1v) is 3.87. The third kappa shape index (κ3) is 4.98. The van der Waals surface area contributed by atoms with Gasteiger partial charge in [-0.05, 0) is 33.0 Å². The van der Waals surface area contributed by atoms with Gasteiger partial charge in [-0.15, -0.1) is 0 Å². The molecule has 0 spiro atoms. The van der Waals surface area contributed by atoms with Crippen molar-refractivity contribution in [2.45, 2.75) is 26.3 Å². The van der Waals surface area contributed by atoms with Crippen LogP contribution in [0.2, 0.25) is 0 Å². The van der Waals surface area contributed by atoms with Gasteiger partial charge in [-0.25, -0.2) is 5.06 Å². The normalized spacial score (nSPS) is 11.0. The molecule has 0 unspecified atom stereocenters. The Bertz CT molecular complexity index is 142. The van der Waals surface area contributed by atoms with Gasteiger partial charge in [0.25, 0.3) is 0 Å². The molecule has 0 atom stereocenters. The molecule has 0 fully saturated rings. The van der Waals surface area contributed by atoms with Gasteiger partial charge in [0.05, 0.1) is 7.11 Å². The lowest BCUT2D eigenvalue weighted by molar-refractivity contribution is -0.0434. The van der Waals surface area contributed by atoms with Crippen LogP contribution < -0.4 is 5.32 Å². The zero-order chi connectivity index (χ0) is 9.07. The third-order valence-corrected chi connectivity index (χ3v) is 1.40. The topological polar surface area (TPSA) is 24.5 Å². The molecule has 3 nitrogen and oxygen atoms in total. The van der Waals surface area contributed by atoms with Crippen LogP contribution in [0.1, 0.15) is 20.8 Å². The average molecular weight is 176 g/mol. The molecule has 0 bridgehead atoms. The summed E-state index contributed by atoms with van der Waals surface area (Å²) in [5, 5.41) is 5.21. The zero-order valence-electron chi connectivity index (χ0n) is 7.76. The van der Waals surface area contributed by atoms with Crippen LogP contribution in [0.3, 0.4) is 0 Å². The average Bonchev–Trinajstić information content (AvgIpc) is 1.82. The van der Waals surface area contributed by atoms with Crippen molar-refractivity contribution in [2.24, 2.45) is 0 Å². The minimum atomic E-state index is -0.0100. The lowest BCUT2D eigenvalue weighted by Crippen LogP contribution is -2.46. The van der Waals surface area contributed by atoms with Crippen LogP contribution in [-0.2, 0) is 4.84 Å². The van der Waals surface area contributed by atoms with Crippen molar-refractivity contribution in [2.75, 3.05) is 14.2 Å². The van der Waals surface area contributed by atoms with Crippen LogP contribution in [0.15, 0.2) is 0 Å². The fourth-order valence-electron chi connectivity index (χ4n) is 0.482. The summed E-state index contributed by atoms with van der Waals surface area (Å²) < 4.78 is 0. The Morgan fingerprint density at radius 2 is 1.91 bits per heavy atom. The Hall–Kier alpha value is -0.350. The highest BCUT2D eigenvalue weighted by molar-refractivity contribution is 7.80. The van der Waals surface area contributed by atoms with Gasteiger partial charge < -0.3 is 5.32 Å². The number of hydrogen-bond donors (Lipinski definition) is 1. The summed E-state index contributed by atoms with van der Waals surface area (Å²) in [5.41, 5.74) is -0.0100. The molecule has 0 amide bonds. The monoisotopic (exact) mass is 176 g/mol. The van der Waals surface area contributed by atoms with Crippen LogP contribution in [0, 0.1) is 0 Å². The molecular weight excluding hydrogens is 160 g/mol. The van der Waals surface area contributed by atoms with E-state index in [1.165, 1.54) is 5.06 Å². The lowest BCUT2D eigenvalue weighted by atomic mass is 10.1. The van der Waals surface area contributed by atoms with E-state index in [1.807, 2.05) is 20.8 Å². The van der Waals surface area contributed by atoms with Crippen LogP contribution in [-0.4, -0.2) is 29.9 Å². The van der Waals surface area contributed by atoms with Crippen LogP contribution in [0.5, 0.6) is 0 Å². The Morgan fingerprint density at radius 1 is 1.45 bits per heavy atom. The van der Waals surface area contributed by atoms with E-state index < -0.39 is 0 Å². The summed E-state index contributed by atoms with van der Waals surface area (Å²) in [7, 11) is 3.34. The molecule has 0 aliphatic heterocycles. The van der Waals surface area contributed by atoms with E-state index in [0.717, 1.165) is 0 Å².